The molecule has 0 rings (SSSR count). The molecular formula is C4H12O4Pb2. The first kappa shape index (κ1) is 22.4. The van der Waals surface area contributed by atoms with E-state index in [-0.39, 0.29) is 54.6 Å². The van der Waals surface area contributed by atoms with Gasteiger partial charge in [-0.2, -0.15) is 0 Å². The summed E-state index contributed by atoms with van der Waals surface area (Å²) < 4.78 is 0. The summed E-state index contributed by atoms with van der Waals surface area (Å²) in [4.78, 5) is 18.0. The standard InChI is InChI=1S/2C2H4O2.2Pb.4H/c2*1-2(3)4;;;;;;/h2*1H3,(H,3,4);;;;;;. The molecule has 0 atom stereocenters. The van der Waals surface area contributed by atoms with Crippen LogP contribution in [-0.2, 0) is 9.59 Å². The van der Waals surface area contributed by atoms with Gasteiger partial charge in [0, 0.05) is 13.8 Å². The van der Waals surface area contributed by atoms with Crippen molar-refractivity contribution in [2.75, 3.05) is 0 Å². The summed E-state index contributed by atoms with van der Waals surface area (Å²) in [5.74, 6) is -1.67. The molecule has 0 aromatic rings. The van der Waals surface area contributed by atoms with Gasteiger partial charge in [-0.05, 0) is 0 Å². The molecule has 0 heterocycles. The third-order valence-electron chi connectivity index (χ3n) is 0. The van der Waals surface area contributed by atoms with Gasteiger partial charge in [0.15, 0.2) is 0 Å². The van der Waals surface area contributed by atoms with E-state index in [2.05, 4.69) is 0 Å². The van der Waals surface area contributed by atoms with E-state index in [9.17, 15) is 0 Å². The van der Waals surface area contributed by atoms with Crippen molar-refractivity contribution in [3.63, 3.8) is 0 Å². The van der Waals surface area contributed by atoms with Crippen molar-refractivity contribution in [1.82, 2.24) is 0 Å². The van der Waals surface area contributed by atoms with Crippen LogP contribution in [0.4, 0.5) is 0 Å². The zero-order chi connectivity index (χ0) is 7.15. The summed E-state index contributed by atoms with van der Waals surface area (Å²) in [5.41, 5.74) is 0. The van der Waals surface area contributed by atoms with Crippen molar-refractivity contribution in [1.29, 1.82) is 0 Å². The quantitative estimate of drug-likeness (QED) is 0.363. The molecule has 2 N–H and O–H groups in total. The Morgan fingerprint density at radius 1 is 0.900 bits per heavy atom. The predicted octanol–water partition coefficient (Wildman–Crippen LogP) is -1.65. The third-order valence-corrected chi connectivity index (χ3v) is 0. The second-order valence-corrected chi connectivity index (χ2v) is 1.04. The van der Waals surface area contributed by atoms with Crippen LogP contribution >= 0.6 is 0 Å². The first-order valence-electron chi connectivity index (χ1n) is 1.86. The molecule has 4 nitrogen and oxygen atoms in total. The fourth-order valence-corrected chi connectivity index (χ4v) is 0. The molecule has 0 aliphatic rings. The zero-order valence-electron chi connectivity index (χ0n) is 6.13. The van der Waals surface area contributed by atoms with Crippen LogP contribution in [0.2, 0.25) is 0 Å². The number of rotatable bonds is 0. The van der Waals surface area contributed by atoms with Gasteiger partial charge >= 0.3 is 54.6 Å². The van der Waals surface area contributed by atoms with Crippen molar-refractivity contribution in [3.8, 4) is 0 Å². The topological polar surface area (TPSA) is 74.6 Å². The first-order chi connectivity index (χ1) is 3.46. The Bertz CT molecular complexity index is 73.3. The van der Waals surface area contributed by atoms with E-state index in [1.165, 1.54) is 0 Å². The molecule has 60 valence electrons. The number of hydrogen-bond donors (Lipinski definition) is 2. The molecule has 0 spiro atoms. The minimum atomic E-state index is -0.833. The average molecular weight is 539 g/mol. The van der Waals surface area contributed by atoms with E-state index in [1.807, 2.05) is 0 Å². The van der Waals surface area contributed by atoms with Crippen LogP contribution in [0.25, 0.3) is 0 Å². The maximum atomic E-state index is 9.00. The fraction of sp³-hybridized carbons (Fsp3) is 0.500. The molecule has 0 aromatic carbocycles. The molecule has 6 heteroatoms. The van der Waals surface area contributed by atoms with Crippen LogP contribution in [-0.4, -0.2) is 76.7 Å². The molecule has 0 saturated carbocycles. The van der Waals surface area contributed by atoms with Crippen molar-refractivity contribution in [2.24, 2.45) is 0 Å². The first-order valence-corrected chi connectivity index (χ1v) is 1.86. The Morgan fingerprint density at radius 3 is 0.900 bits per heavy atom. The van der Waals surface area contributed by atoms with Crippen LogP contribution in [0, 0.1) is 0 Å². The fourth-order valence-electron chi connectivity index (χ4n) is 0. The molecule has 0 unspecified atom stereocenters. The molecule has 0 aliphatic carbocycles. The predicted molar refractivity (Wildman–Crippen MR) is 43.7 cm³/mol. The summed E-state index contributed by atoms with van der Waals surface area (Å²) in [6, 6.07) is 0. The number of carbonyl (C=O) groups is 2. The number of carboxylic acids is 2. The van der Waals surface area contributed by atoms with Gasteiger partial charge < -0.3 is 10.2 Å². The summed E-state index contributed by atoms with van der Waals surface area (Å²) in [7, 11) is 0. The SMILES string of the molecule is CC(=O)O.CC(=O)O.[PbH2].[PbH2]. The molecular weight excluding hydrogens is 526 g/mol. The molecule has 10 heavy (non-hydrogen) atoms. The summed E-state index contributed by atoms with van der Waals surface area (Å²) in [6.07, 6.45) is 0. The second kappa shape index (κ2) is 16.4. The van der Waals surface area contributed by atoms with E-state index in [0.29, 0.717) is 0 Å². The summed E-state index contributed by atoms with van der Waals surface area (Å²) in [5, 5.41) is 14.8. The molecule has 0 bridgehead atoms. The van der Waals surface area contributed by atoms with E-state index >= 15 is 0 Å². The normalized spacial score (nSPS) is 5.00. The van der Waals surface area contributed by atoms with Gasteiger partial charge in [0.2, 0.25) is 0 Å². The molecule has 0 amide bonds. The van der Waals surface area contributed by atoms with Gasteiger partial charge in [0.05, 0.1) is 0 Å². The minimum absolute atomic E-state index is 0. The molecule has 0 fully saturated rings. The van der Waals surface area contributed by atoms with Crippen molar-refractivity contribution in [2.45, 2.75) is 13.8 Å². The van der Waals surface area contributed by atoms with Gasteiger partial charge in [-0.15, -0.1) is 0 Å². The van der Waals surface area contributed by atoms with Gasteiger partial charge in [-0.25, -0.2) is 0 Å². The van der Waals surface area contributed by atoms with E-state index < -0.39 is 11.9 Å². The summed E-state index contributed by atoms with van der Waals surface area (Å²) in [6.45, 7) is 2.17. The number of aliphatic carboxylic acids is 2. The third kappa shape index (κ3) is 866. The van der Waals surface area contributed by atoms with Crippen LogP contribution < -0.4 is 0 Å². The van der Waals surface area contributed by atoms with E-state index in [1.54, 1.807) is 0 Å². The Labute approximate surface area is 99.3 Å². The van der Waals surface area contributed by atoms with Crippen molar-refractivity contribution < 1.29 is 19.8 Å². The monoisotopic (exact) mass is 540 g/mol. The molecule has 0 aliphatic heterocycles. The Balaban J connectivity index is -0.0000000300. The molecule has 0 aromatic heterocycles. The van der Waals surface area contributed by atoms with Gasteiger partial charge in [-0.3, -0.25) is 9.59 Å². The van der Waals surface area contributed by atoms with Crippen LogP contribution in [0.1, 0.15) is 13.8 Å². The van der Waals surface area contributed by atoms with Crippen LogP contribution in [0.5, 0.6) is 0 Å². The van der Waals surface area contributed by atoms with Crippen LogP contribution in [0.3, 0.4) is 0 Å². The van der Waals surface area contributed by atoms with E-state index in [0.717, 1.165) is 13.8 Å². The Kier molecular flexibility index (Phi) is 36.8. The average Bonchev–Trinajstić information content (AvgIpc) is 1.25. The van der Waals surface area contributed by atoms with E-state index in [4.69, 9.17) is 19.8 Å². The van der Waals surface area contributed by atoms with Crippen molar-refractivity contribution in [3.05, 3.63) is 0 Å². The number of hydrogen-bond acceptors (Lipinski definition) is 2. The maximum absolute atomic E-state index is 9.00. The van der Waals surface area contributed by atoms with Gasteiger partial charge in [0.1, 0.15) is 0 Å². The zero-order valence-corrected chi connectivity index (χ0v) is 17.1. The Morgan fingerprint density at radius 2 is 0.900 bits per heavy atom. The van der Waals surface area contributed by atoms with Crippen molar-refractivity contribution >= 4 is 66.5 Å². The molecule has 0 saturated heterocycles. The van der Waals surface area contributed by atoms with Gasteiger partial charge in [-0.1, -0.05) is 0 Å². The number of carboxylic acid groups (broad SMARTS) is 2. The summed E-state index contributed by atoms with van der Waals surface area (Å²) >= 11 is 0. The second-order valence-electron chi connectivity index (χ2n) is 1.04. The van der Waals surface area contributed by atoms with Gasteiger partial charge in [0.25, 0.3) is 11.9 Å². The molecule has 4 radical (unpaired) electrons. The van der Waals surface area contributed by atoms with Crippen LogP contribution in [0.15, 0.2) is 0 Å². The Hall–Kier alpha value is 0.784.